The Morgan fingerprint density at radius 3 is 2.81 bits per heavy atom. The van der Waals surface area contributed by atoms with Gasteiger partial charge in [-0.05, 0) is 32.6 Å². The Labute approximate surface area is 97.2 Å². The van der Waals surface area contributed by atoms with Crippen LogP contribution in [0, 0.1) is 0 Å². The lowest BCUT2D eigenvalue weighted by Gasteiger charge is -2.27. The van der Waals surface area contributed by atoms with E-state index in [1.54, 1.807) is 0 Å². The van der Waals surface area contributed by atoms with Crippen LogP contribution in [-0.2, 0) is 14.8 Å². The summed E-state index contributed by atoms with van der Waals surface area (Å²) in [5, 5.41) is 8.59. The van der Waals surface area contributed by atoms with Crippen molar-refractivity contribution in [2.24, 2.45) is 0 Å². The first-order valence-corrected chi connectivity index (χ1v) is 7.41. The molecular formula is C10H21NO4S. The maximum absolute atomic E-state index is 11.6. The first-order valence-electron chi connectivity index (χ1n) is 5.76. The largest absolute Gasteiger partial charge is 0.396 e. The fraction of sp³-hybridized carbons (Fsp3) is 1.00. The van der Waals surface area contributed by atoms with Gasteiger partial charge in [0.1, 0.15) is 0 Å². The Morgan fingerprint density at radius 2 is 2.19 bits per heavy atom. The third-order valence-electron chi connectivity index (χ3n) is 2.65. The Hall–Kier alpha value is -0.170. The van der Waals surface area contributed by atoms with Gasteiger partial charge in [0.05, 0.1) is 11.9 Å². The average Bonchev–Trinajstić information content (AvgIpc) is 2.17. The van der Waals surface area contributed by atoms with Gasteiger partial charge in [-0.2, -0.15) is 0 Å². The van der Waals surface area contributed by atoms with Crippen molar-refractivity contribution >= 4 is 10.0 Å². The molecule has 16 heavy (non-hydrogen) atoms. The molecule has 1 saturated heterocycles. The molecule has 1 aliphatic rings. The van der Waals surface area contributed by atoms with Gasteiger partial charge in [0.2, 0.25) is 10.0 Å². The van der Waals surface area contributed by atoms with Crippen LogP contribution < -0.4 is 4.72 Å². The predicted molar refractivity (Wildman–Crippen MR) is 61.7 cm³/mol. The predicted octanol–water partition coefficient (Wildman–Crippen LogP) is 0.246. The van der Waals surface area contributed by atoms with Crippen LogP contribution in [0.1, 0.15) is 32.6 Å². The van der Waals surface area contributed by atoms with Gasteiger partial charge in [-0.1, -0.05) is 0 Å². The molecule has 2 atom stereocenters. The summed E-state index contributed by atoms with van der Waals surface area (Å²) in [6.45, 7) is 2.61. The van der Waals surface area contributed by atoms with E-state index in [-0.39, 0.29) is 24.5 Å². The highest BCUT2D eigenvalue weighted by atomic mass is 32.2. The van der Waals surface area contributed by atoms with Crippen molar-refractivity contribution in [2.45, 2.75) is 44.8 Å². The van der Waals surface area contributed by atoms with Crippen LogP contribution in [0.3, 0.4) is 0 Å². The van der Waals surface area contributed by atoms with Crippen molar-refractivity contribution < 1.29 is 18.3 Å². The molecule has 5 nitrogen and oxygen atoms in total. The van der Waals surface area contributed by atoms with Crippen LogP contribution in [0.5, 0.6) is 0 Å². The molecular weight excluding hydrogens is 230 g/mol. The zero-order valence-electron chi connectivity index (χ0n) is 9.68. The number of aliphatic hydroxyl groups is 1. The van der Waals surface area contributed by atoms with E-state index in [2.05, 4.69) is 4.72 Å². The Balaban J connectivity index is 2.33. The maximum Gasteiger partial charge on any atom is 0.211 e. The van der Waals surface area contributed by atoms with Gasteiger partial charge in [0.25, 0.3) is 0 Å². The van der Waals surface area contributed by atoms with Crippen molar-refractivity contribution in [3.63, 3.8) is 0 Å². The fourth-order valence-electron chi connectivity index (χ4n) is 1.82. The number of sulfonamides is 1. The van der Waals surface area contributed by atoms with E-state index >= 15 is 0 Å². The van der Waals surface area contributed by atoms with E-state index in [1.807, 2.05) is 6.92 Å². The molecule has 0 saturated carbocycles. The lowest BCUT2D eigenvalue weighted by atomic mass is 10.1. The first kappa shape index (κ1) is 13.9. The van der Waals surface area contributed by atoms with E-state index < -0.39 is 10.0 Å². The highest BCUT2D eigenvalue weighted by molar-refractivity contribution is 7.89. The SMILES string of the molecule is CC1CC(NS(=O)(=O)CCCCO)CCO1. The van der Waals surface area contributed by atoms with E-state index in [0.29, 0.717) is 19.4 Å². The van der Waals surface area contributed by atoms with Crippen LogP contribution >= 0.6 is 0 Å². The number of unbranched alkanes of at least 4 members (excludes halogenated alkanes) is 1. The van der Waals surface area contributed by atoms with Gasteiger partial charge in [-0.25, -0.2) is 13.1 Å². The van der Waals surface area contributed by atoms with Crippen molar-refractivity contribution in [2.75, 3.05) is 19.0 Å². The van der Waals surface area contributed by atoms with Gasteiger partial charge in [-0.3, -0.25) is 0 Å². The fourth-order valence-corrected chi connectivity index (χ4v) is 3.25. The smallest absolute Gasteiger partial charge is 0.211 e. The molecule has 1 aliphatic heterocycles. The molecule has 0 aliphatic carbocycles. The number of rotatable bonds is 6. The molecule has 0 spiro atoms. The number of aliphatic hydroxyl groups excluding tert-OH is 1. The van der Waals surface area contributed by atoms with Gasteiger partial charge >= 0.3 is 0 Å². The number of nitrogens with one attached hydrogen (secondary N) is 1. The summed E-state index contributed by atoms with van der Waals surface area (Å²) in [7, 11) is -3.19. The summed E-state index contributed by atoms with van der Waals surface area (Å²) in [4.78, 5) is 0. The molecule has 0 aromatic rings. The number of hydrogen-bond donors (Lipinski definition) is 2. The second-order valence-corrected chi connectivity index (χ2v) is 6.14. The lowest BCUT2D eigenvalue weighted by molar-refractivity contribution is 0.0173. The molecule has 1 rings (SSSR count). The minimum atomic E-state index is -3.19. The van der Waals surface area contributed by atoms with Crippen molar-refractivity contribution in [3.8, 4) is 0 Å². The van der Waals surface area contributed by atoms with E-state index in [4.69, 9.17) is 9.84 Å². The van der Waals surface area contributed by atoms with Crippen LogP contribution in [0.4, 0.5) is 0 Å². The minimum absolute atomic E-state index is 0.00266. The molecule has 2 N–H and O–H groups in total. The second-order valence-electron chi connectivity index (χ2n) is 4.27. The molecule has 6 heteroatoms. The molecule has 1 fully saturated rings. The number of hydrogen-bond acceptors (Lipinski definition) is 4. The van der Waals surface area contributed by atoms with Crippen molar-refractivity contribution in [3.05, 3.63) is 0 Å². The van der Waals surface area contributed by atoms with Crippen LogP contribution in [0.2, 0.25) is 0 Å². The number of ether oxygens (including phenoxy) is 1. The van der Waals surface area contributed by atoms with Crippen molar-refractivity contribution in [1.82, 2.24) is 4.72 Å². The topological polar surface area (TPSA) is 75.6 Å². The quantitative estimate of drug-likeness (QED) is 0.663. The minimum Gasteiger partial charge on any atom is -0.396 e. The van der Waals surface area contributed by atoms with Gasteiger partial charge in [0.15, 0.2) is 0 Å². The molecule has 0 aromatic carbocycles. The summed E-state index contributed by atoms with van der Waals surface area (Å²) in [5.41, 5.74) is 0. The third kappa shape index (κ3) is 5.25. The normalized spacial score (nSPS) is 26.9. The van der Waals surface area contributed by atoms with Crippen LogP contribution in [-0.4, -0.2) is 44.6 Å². The zero-order chi connectivity index (χ0) is 12.0. The molecule has 0 aromatic heterocycles. The molecule has 0 radical (unpaired) electrons. The molecule has 1 heterocycles. The highest BCUT2D eigenvalue weighted by Gasteiger charge is 2.23. The summed E-state index contributed by atoms with van der Waals surface area (Å²) in [6, 6.07) is 0.00266. The molecule has 0 bridgehead atoms. The Morgan fingerprint density at radius 1 is 1.44 bits per heavy atom. The summed E-state index contributed by atoms with van der Waals surface area (Å²) < 4.78 is 31.3. The molecule has 0 amide bonds. The molecule has 2 unspecified atom stereocenters. The van der Waals surface area contributed by atoms with Gasteiger partial charge < -0.3 is 9.84 Å². The Kier molecular flexibility index (Phi) is 5.68. The third-order valence-corrected chi connectivity index (χ3v) is 4.17. The maximum atomic E-state index is 11.6. The first-order chi connectivity index (χ1) is 7.53. The summed E-state index contributed by atoms with van der Waals surface area (Å²) in [6.07, 6.45) is 2.64. The van der Waals surface area contributed by atoms with Crippen molar-refractivity contribution in [1.29, 1.82) is 0 Å². The molecule has 96 valence electrons. The van der Waals surface area contributed by atoms with Gasteiger partial charge in [0, 0.05) is 19.3 Å². The van der Waals surface area contributed by atoms with E-state index in [1.165, 1.54) is 0 Å². The van der Waals surface area contributed by atoms with Gasteiger partial charge in [-0.15, -0.1) is 0 Å². The highest BCUT2D eigenvalue weighted by Crippen LogP contribution is 2.14. The average molecular weight is 251 g/mol. The van der Waals surface area contributed by atoms with E-state index in [0.717, 1.165) is 12.8 Å². The zero-order valence-corrected chi connectivity index (χ0v) is 10.5. The van der Waals surface area contributed by atoms with E-state index in [9.17, 15) is 8.42 Å². The standard InChI is InChI=1S/C10H21NO4S/c1-9-8-10(4-6-15-9)11-16(13,14)7-3-2-5-12/h9-12H,2-8H2,1H3. The summed E-state index contributed by atoms with van der Waals surface area (Å²) >= 11 is 0. The lowest BCUT2D eigenvalue weighted by Crippen LogP contribution is -2.42. The monoisotopic (exact) mass is 251 g/mol. The Bertz CT molecular complexity index is 291. The second kappa shape index (κ2) is 6.54. The van der Waals surface area contributed by atoms with Crippen LogP contribution in [0.15, 0.2) is 0 Å². The summed E-state index contributed by atoms with van der Waals surface area (Å²) in [5.74, 6) is 0.0965. The van der Waals surface area contributed by atoms with Crippen LogP contribution in [0.25, 0.3) is 0 Å².